The topological polar surface area (TPSA) is 38.3 Å². The first-order chi connectivity index (χ1) is 8.49. The zero-order valence-corrected chi connectivity index (χ0v) is 11.5. The lowest BCUT2D eigenvalue weighted by atomic mass is 10.2. The second-order valence-electron chi connectivity index (χ2n) is 4.86. The van der Waals surface area contributed by atoms with E-state index in [2.05, 4.69) is 17.9 Å². The molecule has 1 rings (SSSR count). The van der Waals surface area contributed by atoms with Crippen molar-refractivity contribution in [3.05, 3.63) is 23.8 Å². The Balaban J connectivity index is 2.92. The molecule has 0 atom stereocenters. The van der Waals surface area contributed by atoms with Crippen LogP contribution in [-0.2, 0) is 10.9 Å². The third-order valence-electron chi connectivity index (χ3n) is 1.96. The van der Waals surface area contributed by atoms with Crippen molar-refractivity contribution >= 4 is 24.4 Å². The Hall–Kier alpha value is -1.37. The second kappa shape index (κ2) is 5.32. The maximum absolute atomic E-state index is 12.5. The van der Waals surface area contributed by atoms with Crippen LogP contribution in [0.25, 0.3) is 0 Å². The van der Waals surface area contributed by atoms with E-state index in [1.165, 1.54) is 6.07 Å². The number of thiol groups is 1. The first-order valence-corrected chi connectivity index (χ1v) is 5.84. The molecule has 0 aliphatic carbocycles. The van der Waals surface area contributed by atoms with Gasteiger partial charge in [0.1, 0.15) is 5.60 Å². The molecule has 0 fully saturated rings. The largest absolute Gasteiger partial charge is 0.444 e. The third-order valence-corrected chi connectivity index (χ3v) is 2.35. The number of ether oxygens (including phenoxy) is 1. The molecule has 0 aliphatic rings. The number of rotatable bonds is 1. The van der Waals surface area contributed by atoms with Crippen molar-refractivity contribution in [2.24, 2.45) is 0 Å². The van der Waals surface area contributed by atoms with Gasteiger partial charge in [-0.15, -0.1) is 12.6 Å². The average molecular weight is 293 g/mol. The van der Waals surface area contributed by atoms with Crippen molar-refractivity contribution in [2.75, 3.05) is 5.32 Å². The number of amides is 1. The predicted octanol–water partition coefficient (Wildman–Crippen LogP) is 4.34. The third kappa shape index (κ3) is 5.02. The molecular formula is C12H14F3NO2S. The van der Waals surface area contributed by atoms with Gasteiger partial charge in [-0.2, -0.15) is 13.2 Å². The summed E-state index contributed by atoms with van der Waals surface area (Å²) in [4.78, 5) is 11.7. The summed E-state index contributed by atoms with van der Waals surface area (Å²) in [5, 5.41) is 2.24. The Bertz CT molecular complexity index is 481. The summed E-state index contributed by atoms with van der Waals surface area (Å²) < 4.78 is 42.6. The molecule has 0 aromatic heterocycles. The van der Waals surface area contributed by atoms with Gasteiger partial charge in [-0.1, -0.05) is 0 Å². The maximum Gasteiger partial charge on any atom is 0.416 e. The molecule has 0 unspecified atom stereocenters. The summed E-state index contributed by atoms with van der Waals surface area (Å²) in [5.41, 5.74) is -1.65. The van der Waals surface area contributed by atoms with Crippen LogP contribution in [0.15, 0.2) is 23.1 Å². The molecule has 1 aromatic rings. The predicted molar refractivity (Wildman–Crippen MR) is 68.6 cm³/mol. The van der Waals surface area contributed by atoms with E-state index in [1.54, 1.807) is 20.8 Å². The minimum atomic E-state index is -4.48. The highest BCUT2D eigenvalue weighted by Crippen LogP contribution is 2.33. The zero-order valence-electron chi connectivity index (χ0n) is 10.6. The van der Waals surface area contributed by atoms with Crippen LogP contribution in [0.2, 0.25) is 0 Å². The van der Waals surface area contributed by atoms with Crippen LogP contribution in [0.1, 0.15) is 26.3 Å². The van der Waals surface area contributed by atoms with Crippen LogP contribution in [-0.4, -0.2) is 11.7 Å². The fraction of sp³-hybridized carbons (Fsp3) is 0.417. The van der Waals surface area contributed by atoms with Crippen LogP contribution in [0.3, 0.4) is 0 Å². The normalized spacial score (nSPS) is 12.2. The molecule has 0 saturated heterocycles. The molecule has 7 heteroatoms. The Kier molecular flexibility index (Phi) is 4.39. The van der Waals surface area contributed by atoms with Crippen LogP contribution in [0.5, 0.6) is 0 Å². The number of carbonyl (C=O) groups is 1. The number of carbonyl (C=O) groups excluding carboxylic acids is 1. The number of halogens is 3. The van der Waals surface area contributed by atoms with Crippen molar-refractivity contribution in [2.45, 2.75) is 37.4 Å². The van der Waals surface area contributed by atoms with Crippen molar-refractivity contribution < 1.29 is 22.7 Å². The highest BCUT2D eigenvalue weighted by atomic mass is 32.1. The summed E-state index contributed by atoms with van der Waals surface area (Å²) in [5.74, 6) is 0. The average Bonchev–Trinajstić information content (AvgIpc) is 2.16. The minimum absolute atomic E-state index is 0.0487. The van der Waals surface area contributed by atoms with Gasteiger partial charge < -0.3 is 4.74 Å². The minimum Gasteiger partial charge on any atom is -0.444 e. The van der Waals surface area contributed by atoms with Crippen LogP contribution in [0, 0.1) is 0 Å². The molecule has 106 valence electrons. The van der Waals surface area contributed by atoms with E-state index in [9.17, 15) is 18.0 Å². The van der Waals surface area contributed by atoms with Crippen molar-refractivity contribution in [1.82, 2.24) is 0 Å². The number of anilines is 1. The number of nitrogens with one attached hydrogen (secondary N) is 1. The van der Waals surface area contributed by atoms with E-state index in [0.29, 0.717) is 0 Å². The van der Waals surface area contributed by atoms with Crippen molar-refractivity contribution in [1.29, 1.82) is 0 Å². The summed E-state index contributed by atoms with van der Waals surface area (Å²) in [6.45, 7) is 4.96. The fourth-order valence-electron chi connectivity index (χ4n) is 1.23. The molecule has 0 saturated carbocycles. The van der Waals surface area contributed by atoms with Gasteiger partial charge in [0.2, 0.25) is 0 Å². The molecule has 0 heterocycles. The van der Waals surface area contributed by atoms with Crippen LogP contribution in [0.4, 0.5) is 23.7 Å². The number of alkyl halides is 3. The van der Waals surface area contributed by atoms with Gasteiger partial charge in [-0.05, 0) is 39.0 Å². The smallest absolute Gasteiger partial charge is 0.416 e. The molecule has 1 N–H and O–H groups in total. The Labute approximate surface area is 114 Å². The molecule has 1 amide bonds. The summed E-state index contributed by atoms with van der Waals surface area (Å²) in [7, 11) is 0. The maximum atomic E-state index is 12.5. The van der Waals surface area contributed by atoms with Gasteiger partial charge in [0.05, 0.1) is 11.3 Å². The Morgan fingerprint density at radius 3 is 2.32 bits per heavy atom. The fourth-order valence-corrected chi connectivity index (χ4v) is 1.42. The molecule has 1 aromatic carbocycles. The van der Waals surface area contributed by atoms with E-state index in [-0.39, 0.29) is 10.6 Å². The highest BCUT2D eigenvalue weighted by molar-refractivity contribution is 7.80. The van der Waals surface area contributed by atoms with Gasteiger partial charge in [-0.3, -0.25) is 5.32 Å². The SMILES string of the molecule is CC(C)(C)OC(=O)Nc1cc(C(F)(F)F)ccc1S. The Morgan fingerprint density at radius 1 is 1.26 bits per heavy atom. The summed E-state index contributed by atoms with van der Waals surface area (Å²) >= 11 is 3.99. The second-order valence-corrected chi connectivity index (χ2v) is 5.34. The lowest BCUT2D eigenvalue weighted by Crippen LogP contribution is -2.27. The van der Waals surface area contributed by atoms with Crippen LogP contribution >= 0.6 is 12.6 Å². The van der Waals surface area contributed by atoms with Gasteiger partial charge in [0.25, 0.3) is 0 Å². The van der Waals surface area contributed by atoms with E-state index in [4.69, 9.17) is 4.74 Å². The molecule has 19 heavy (non-hydrogen) atoms. The Morgan fingerprint density at radius 2 is 1.84 bits per heavy atom. The van der Waals surface area contributed by atoms with Gasteiger partial charge in [0.15, 0.2) is 0 Å². The molecule has 0 bridgehead atoms. The number of benzene rings is 1. The van der Waals surface area contributed by atoms with E-state index >= 15 is 0 Å². The molecule has 3 nitrogen and oxygen atoms in total. The summed E-state index contributed by atoms with van der Waals surface area (Å²) in [6.07, 6.45) is -5.31. The number of hydrogen-bond donors (Lipinski definition) is 2. The van der Waals surface area contributed by atoms with Crippen molar-refractivity contribution in [3.63, 3.8) is 0 Å². The molecule has 0 radical (unpaired) electrons. The molecule has 0 aliphatic heterocycles. The lowest BCUT2D eigenvalue weighted by molar-refractivity contribution is -0.137. The summed E-state index contributed by atoms with van der Waals surface area (Å²) in [6, 6.07) is 2.87. The monoisotopic (exact) mass is 293 g/mol. The standard InChI is InChI=1S/C12H14F3NO2S/c1-11(2,3)18-10(17)16-8-6-7(12(13,14)15)4-5-9(8)19/h4-6,19H,1-3H3,(H,16,17). The lowest BCUT2D eigenvalue weighted by Gasteiger charge is -2.20. The van der Waals surface area contributed by atoms with E-state index < -0.39 is 23.4 Å². The highest BCUT2D eigenvalue weighted by Gasteiger charge is 2.31. The number of hydrogen-bond acceptors (Lipinski definition) is 3. The molecular weight excluding hydrogens is 279 g/mol. The van der Waals surface area contributed by atoms with Gasteiger partial charge >= 0.3 is 12.3 Å². The first-order valence-electron chi connectivity index (χ1n) is 5.39. The van der Waals surface area contributed by atoms with Gasteiger partial charge in [-0.25, -0.2) is 4.79 Å². The molecule has 0 spiro atoms. The first kappa shape index (κ1) is 15.7. The zero-order chi connectivity index (χ0) is 14.8. The van der Waals surface area contributed by atoms with E-state index in [1.807, 2.05) is 0 Å². The van der Waals surface area contributed by atoms with E-state index in [0.717, 1.165) is 12.1 Å². The van der Waals surface area contributed by atoms with Crippen LogP contribution < -0.4 is 5.32 Å². The van der Waals surface area contributed by atoms with Crippen molar-refractivity contribution in [3.8, 4) is 0 Å². The van der Waals surface area contributed by atoms with Gasteiger partial charge in [0, 0.05) is 4.90 Å². The quantitative estimate of drug-likeness (QED) is 0.756.